The Kier molecular flexibility index (Phi) is 5.69. The summed E-state index contributed by atoms with van der Waals surface area (Å²) in [4.78, 5) is 12.9. The molecule has 0 spiro atoms. The van der Waals surface area contributed by atoms with Crippen molar-refractivity contribution in [3.8, 4) is 11.7 Å². The van der Waals surface area contributed by atoms with Crippen molar-refractivity contribution < 1.29 is 14.3 Å². The first-order chi connectivity index (χ1) is 13.2. The Bertz CT molecular complexity index is 992. The van der Waals surface area contributed by atoms with E-state index < -0.39 is 5.60 Å². The Morgan fingerprint density at radius 1 is 1.21 bits per heavy atom. The summed E-state index contributed by atoms with van der Waals surface area (Å²) in [7, 11) is 0. The highest BCUT2D eigenvalue weighted by Gasteiger charge is 2.45. The van der Waals surface area contributed by atoms with Crippen LogP contribution in [0.3, 0.4) is 0 Å². The zero-order valence-corrected chi connectivity index (χ0v) is 17.5. The molecule has 1 aliphatic heterocycles. The molecule has 1 aliphatic rings. The van der Waals surface area contributed by atoms with Crippen LogP contribution in [-0.4, -0.2) is 10.7 Å². The van der Waals surface area contributed by atoms with Gasteiger partial charge in [0.25, 0.3) is 5.95 Å². The van der Waals surface area contributed by atoms with Gasteiger partial charge in [-0.3, -0.25) is 4.79 Å². The fraction of sp³-hybridized carbons (Fsp3) is 0.458. The number of phenols is 1. The van der Waals surface area contributed by atoms with Crippen molar-refractivity contribution in [1.29, 1.82) is 0 Å². The van der Waals surface area contributed by atoms with Crippen molar-refractivity contribution in [1.82, 2.24) is 0 Å². The highest BCUT2D eigenvalue weighted by atomic mass is 16.6. The lowest BCUT2D eigenvalue weighted by molar-refractivity contribution is 0.0637. The zero-order valence-electron chi connectivity index (χ0n) is 17.5. The van der Waals surface area contributed by atoms with Crippen molar-refractivity contribution >= 4 is 11.0 Å². The lowest BCUT2D eigenvalue weighted by Crippen LogP contribution is -2.33. The summed E-state index contributed by atoms with van der Waals surface area (Å²) in [6.07, 6.45) is 8.36. The van der Waals surface area contributed by atoms with Crippen LogP contribution in [0.25, 0.3) is 11.0 Å². The smallest absolute Gasteiger partial charge is 0.293 e. The molecule has 0 fully saturated rings. The normalized spacial score (nSPS) is 21.5. The number of phenolic OH excluding ortho intramolecular Hbond substituents is 1. The minimum Gasteiger partial charge on any atom is -0.508 e. The first kappa shape index (κ1) is 20.2. The van der Waals surface area contributed by atoms with Crippen LogP contribution >= 0.6 is 0 Å². The number of allylic oxidation sites excluding steroid dienone is 4. The van der Waals surface area contributed by atoms with E-state index in [1.807, 2.05) is 13.8 Å². The summed E-state index contributed by atoms with van der Waals surface area (Å²) >= 11 is 0. The van der Waals surface area contributed by atoms with E-state index in [9.17, 15) is 9.90 Å². The van der Waals surface area contributed by atoms with E-state index in [1.165, 1.54) is 23.3 Å². The summed E-state index contributed by atoms with van der Waals surface area (Å²) in [6, 6.07) is 4.57. The van der Waals surface area contributed by atoms with Crippen molar-refractivity contribution in [2.75, 3.05) is 0 Å². The topological polar surface area (TPSA) is 59.7 Å². The lowest BCUT2D eigenvalue weighted by atomic mass is 9.83. The van der Waals surface area contributed by atoms with Gasteiger partial charge < -0.3 is 14.3 Å². The Labute approximate surface area is 166 Å². The largest absolute Gasteiger partial charge is 0.508 e. The molecule has 28 heavy (non-hydrogen) atoms. The average molecular weight is 383 g/mol. The van der Waals surface area contributed by atoms with Crippen LogP contribution in [0.2, 0.25) is 0 Å². The molecule has 2 aromatic rings. The van der Waals surface area contributed by atoms with Crippen molar-refractivity contribution in [2.45, 2.75) is 71.8 Å². The van der Waals surface area contributed by atoms with Crippen molar-refractivity contribution in [3.63, 3.8) is 0 Å². The van der Waals surface area contributed by atoms with Gasteiger partial charge in [-0.25, -0.2) is 0 Å². The zero-order chi connectivity index (χ0) is 20.5. The molecule has 1 aromatic carbocycles. The van der Waals surface area contributed by atoms with Crippen LogP contribution in [0.15, 0.2) is 50.7 Å². The second-order valence-corrected chi connectivity index (χ2v) is 8.36. The van der Waals surface area contributed by atoms with Crippen LogP contribution in [0.4, 0.5) is 0 Å². The maximum atomic E-state index is 12.9. The standard InChI is InChI=1S/C24H30O4/c1-15(2)8-6-9-16(3)10-7-13-24(5)17(4)21-22(26)19-12-11-18(25)14-20(19)27-23(21)28-24/h8,10-12,14,17,25H,6-7,9,13H2,1-5H3/t17-,24-/m0/s1. The second-order valence-electron chi connectivity index (χ2n) is 8.36. The van der Waals surface area contributed by atoms with E-state index in [4.69, 9.17) is 9.15 Å². The molecule has 4 heteroatoms. The van der Waals surface area contributed by atoms with Crippen LogP contribution in [0.1, 0.15) is 71.8 Å². The van der Waals surface area contributed by atoms with Gasteiger partial charge in [0.15, 0.2) is 5.43 Å². The first-order valence-electron chi connectivity index (χ1n) is 9.99. The molecule has 0 aliphatic carbocycles. The summed E-state index contributed by atoms with van der Waals surface area (Å²) in [5, 5.41) is 10.1. The quantitative estimate of drug-likeness (QED) is 0.602. The molecule has 1 N–H and O–H groups in total. The highest BCUT2D eigenvalue weighted by Crippen LogP contribution is 2.46. The molecule has 0 saturated heterocycles. The van der Waals surface area contributed by atoms with Gasteiger partial charge in [0.2, 0.25) is 0 Å². The van der Waals surface area contributed by atoms with Gasteiger partial charge in [-0.05, 0) is 65.5 Å². The predicted octanol–water partition coefficient (Wildman–Crippen LogP) is 6.23. The monoisotopic (exact) mass is 382 g/mol. The number of hydrogen-bond acceptors (Lipinski definition) is 4. The highest BCUT2D eigenvalue weighted by molar-refractivity contribution is 5.79. The first-order valence-corrected chi connectivity index (χ1v) is 9.99. The number of rotatable bonds is 6. The van der Waals surface area contributed by atoms with Gasteiger partial charge in [-0.1, -0.05) is 30.2 Å². The molecule has 4 nitrogen and oxygen atoms in total. The van der Waals surface area contributed by atoms with Crippen LogP contribution < -0.4 is 10.2 Å². The summed E-state index contributed by atoms with van der Waals surface area (Å²) in [5.74, 6) is 0.303. The molecule has 1 aromatic heterocycles. The predicted molar refractivity (Wildman–Crippen MR) is 113 cm³/mol. The second kappa shape index (κ2) is 7.86. The van der Waals surface area contributed by atoms with Gasteiger partial charge in [-0.15, -0.1) is 0 Å². The van der Waals surface area contributed by atoms with E-state index in [-0.39, 0.29) is 17.1 Å². The minimum atomic E-state index is -0.485. The van der Waals surface area contributed by atoms with E-state index in [1.54, 1.807) is 6.07 Å². The Hall–Kier alpha value is -2.49. The third-order valence-electron chi connectivity index (χ3n) is 5.78. The van der Waals surface area contributed by atoms with Gasteiger partial charge in [0, 0.05) is 12.0 Å². The Morgan fingerprint density at radius 3 is 2.68 bits per heavy atom. The van der Waals surface area contributed by atoms with Crippen LogP contribution in [0.5, 0.6) is 11.7 Å². The molecule has 2 heterocycles. The number of ether oxygens (including phenoxy) is 1. The van der Waals surface area contributed by atoms with E-state index in [0.717, 1.165) is 25.7 Å². The molecule has 3 rings (SSSR count). The number of benzene rings is 1. The van der Waals surface area contributed by atoms with Crippen molar-refractivity contribution in [3.05, 3.63) is 57.3 Å². The third-order valence-corrected chi connectivity index (χ3v) is 5.78. The molecular weight excluding hydrogens is 352 g/mol. The molecule has 0 radical (unpaired) electrons. The average Bonchev–Trinajstić information content (AvgIpc) is 2.85. The van der Waals surface area contributed by atoms with Crippen molar-refractivity contribution in [2.24, 2.45) is 0 Å². The molecule has 0 bridgehead atoms. The fourth-order valence-corrected chi connectivity index (χ4v) is 3.79. The molecule has 0 saturated carbocycles. The maximum Gasteiger partial charge on any atom is 0.293 e. The summed E-state index contributed by atoms with van der Waals surface area (Å²) < 4.78 is 12.0. The number of aromatic hydroxyl groups is 1. The Balaban J connectivity index is 1.76. The van der Waals surface area contributed by atoms with E-state index >= 15 is 0 Å². The molecule has 0 unspecified atom stereocenters. The number of fused-ring (bicyclic) bond motifs is 2. The lowest BCUT2D eigenvalue weighted by Gasteiger charge is -2.27. The van der Waals surface area contributed by atoms with Gasteiger partial charge in [0.05, 0.1) is 10.9 Å². The summed E-state index contributed by atoms with van der Waals surface area (Å²) in [5.41, 5.74) is 3.13. The van der Waals surface area contributed by atoms with Gasteiger partial charge >= 0.3 is 0 Å². The summed E-state index contributed by atoms with van der Waals surface area (Å²) in [6.45, 7) is 10.5. The Morgan fingerprint density at radius 2 is 1.96 bits per heavy atom. The SMILES string of the molecule is CC(C)=CCCC(C)=CCC[C@]1(C)Oc2oc3cc(O)ccc3c(=O)c2[C@@H]1C. The molecule has 0 amide bonds. The maximum absolute atomic E-state index is 12.9. The van der Waals surface area contributed by atoms with Crippen LogP contribution in [-0.2, 0) is 0 Å². The van der Waals surface area contributed by atoms with E-state index in [2.05, 4.69) is 32.9 Å². The molecular formula is C24H30O4. The van der Waals surface area contributed by atoms with Crippen LogP contribution in [0, 0.1) is 0 Å². The minimum absolute atomic E-state index is 0.0590. The van der Waals surface area contributed by atoms with Gasteiger partial charge in [0.1, 0.15) is 16.9 Å². The molecule has 150 valence electrons. The fourth-order valence-electron chi connectivity index (χ4n) is 3.79. The number of hydrogen-bond donors (Lipinski definition) is 1. The van der Waals surface area contributed by atoms with E-state index in [0.29, 0.717) is 22.5 Å². The third kappa shape index (κ3) is 4.01. The van der Waals surface area contributed by atoms with Gasteiger partial charge in [-0.2, -0.15) is 0 Å². The molecule has 2 atom stereocenters.